The van der Waals surface area contributed by atoms with E-state index in [0.29, 0.717) is 29.4 Å². The van der Waals surface area contributed by atoms with Crippen molar-refractivity contribution in [1.82, 2.24) is 10.3 Å². The Bertz CT molecular complexity index is 1100. The summed E-state index contributed by atoms with van der Waals surface area (Å²) in [6.45, 7) is 0.661. The third kappa shape index (κ3) is 4.24. The first kappa shape index (κ1) is 19.8. The lowest BCUT2D eigenvalue weighted by molar-refractivity contribution is 0.143. The molecule has 30 heavy (non-hydrogen) atoms. The molecule has 0 saturated carbocycles. The fourth-order valence-electron chi connectivity index (χ4n) is 3.58. The van der Waals surface area contributed by atoms with Gasteiger partial charge in [0.1, 0.15) is 12.3 Å². The fraction of sp³-hybridized carbons (Fsp3) is 0.167. The van der Waals surface area contributed by atoms with Crippen molar-refractivity contribution in [2.24, 2.45) is 0 Å². The lowest BCUT2D eigenvalue weighted by Crippen LogP contribution is -2.26. The molecule has 0 atom stereocenters. The number of amides is 1. The van der Waals surface area contributed by atoms with E-state index in [-0.39, 0.29) is 12.5 Å². The van der Waals surface area contributed by atoms with Gasteiger partial charge in [-0.05, 0) is 34.2 Å². The van der Waals surface area contributed by atoms with E-state index in [1.165, 1.54) is 28.5 Å². The van der Waals surface area contributed by atoms with Crippen LogP contribution in [0.2, 0.25) is 5.02 Å². The number of anilines is 1. The molecule has 0 radical (unpaired) electrons. The highest BCUT2D eigenvalue weighted by molar-refractivity contribution is 6.30. The lowest BCUT2D eigenvalue weighted by atomic mass is 9.98. The van der Waals surface area contributed by atoms with E-state index in [1.807, 2.05) is 24.3 Å². The number of rotatable bonds is 4. The van der Waals surface area contributed by atoms with Gasteiger partial charge in [0.15, 0.2) is 0 Å². The Morgan fingerprint density at radius 1 is 1.13 bits per heavy atom. The normalized spacial score (nSPS) is 11.8. The molecule has 0 bridgehead atoms. The number of halogens is 1. The highest BCUT2D eigenvalue weighted by Crippen LogP contribution is 2.44. The second-order valence-corrected chi connectivity index (χ2v) is 7.33. The number of benzene rings is 2. The summed E-state index contributed by atoms with van der Waals surface area (Å²) in [5, 5.41) is 3.20. The summed E-state index contributed by atoms with van der Waals surface area (Å²) in [5.41, 5.74) is 11.5. The first-order valence-electron chi connectivity index (χ1n) is 9.62. The molecule has 3 aromatic rings. The number of hydrogen-bond donors (Lipinski definition) is 2. The summed E-state index contributed by atoms with van der Waals surface area (Å²) in [7, 11) is 0. The highest BCUT2D eigenvalue weighted by atomic mass is 35.5. The van der Waals surface area contributed by atoms with Gasteiger partial charge < -0.3 is 15.8 Å². The Morgan fingerprint density at radius 3 is 2.47 bits per heavy atom. The number of aromatic nitrogens is 1. The SMILES string of the molecule is Nc1cc(Cl)cnc1C#CCCNC(=O)OCC1c2ccccc2-c2ccccc21. The number of nitrogens with one attached hydrogen (secondary N) is 1. The van der Waals surface area contributed by atoms with Crippen molar-refractivity contribution in [2.75, 3.05) is 18.9 Å². The molecule has 0 unspecified atom stereocenters. The zero-order chi connectivity index (χ0) is 20.9. The zero-order valence-corrected chi connectivity index (χ0v) is 16.9. The van der Waals surface area contributed by atoms with Gasteiger partial charge >= 0.3 is 6.09 Å². The van der Waals surface area contributed by atoms with Gasteiger partial charge in [-0.2, -0.15) is 0 Å². The largest absolute Gasteiger partial charge is 0.449 e. The van der Waals surface area contributed by atoms with E-state index in [1.54, 1.807) is 6.07 Å². The van der Waals surface area contributed by atoms with Gasteiger partial charge in [0.2, 0.25) is 0 Å². The Labute approximate surface area is 180 Å². The summed E-state index contributed by atoms with van der Waals surface area (Å²) < 4.78 is 5.49. The maximum absolute atomic E-state index is 12.1. The van der Waals surface area contributed by atoms with Crippen LogP contribution < -0.4 is 11.1 Å². The molecular formula is C24H20ClN3O2. The van der Waals surface area contributed by atoms with Crippen molar-refractivity contribution in [2.45, 2.75) is 12.3 Å². The monoisotopic (exact) mass is 417 g/mol. The predicted molar refractivity (Wildman–Crippen MR) is 118 cm³/mol. The maximum Gasteiger partial charge on any atom is 0.407 e. The van der Waals surface area contributed by atoms with Gasteiger partial charge in [0.25, 0.3) is 0 Å². The van der Waals surface area contributed by atoms with Gasteiger partial charge in [-0.25, -0.2) is 9.78 Å². The first-order chi connectivity index (χ1) is 14.6. The van der Waals surface area contributed by atoms with Crippen LogP contribution >= 0.6 is 11.6 Å². The lowest BCUT2D eigenvalue weighted by Gasteiger charge is -2.14. The molecule has 5 nitrogen and oxygen atoms in total. The van der Waals surface area contributed by atoms with E-state index in [0.717, 1.165) is 0 Å². The molecule has 0 fully saturated rings. The van der Waals surface area contributed by atoms with Crippen molar-refractivity contribution in [3.63, 3.8) is 0 Å². The van der Waals surface area contributed by atoms with Crippen LogP contribution in [0.25, 0.3) is 11.1 Å². The number of ether oxygens (including phenoxy) is 1. The van der Waals surface area contributed by atoms with Crippen LogP contribution in [0.4, 0.5) is 10.5 Å². The van der Waals surface area contributed by atoms with Crippen molar-refractivity contribution in [3.8, 4) is 23.0 Å². The molecule has 3 N–H and O–H groups in total. The summed E-state index contributed by atoms with van der Waals surface area (Å²) in [6.07, 6.45) is 1.49. The average Bonchev–Trinajstić information content (AvgIpc) is 3.07. The Balaban J connectivity index is 1.29. The van der Waals surface area contributed by atoms with Crippen LogP contribution in [0.3, 0.4) is 0 Å². The minimum absolute atomic E-state index is 0.0434. The number of hydrogen-bond acceptors (Lipinski definition) is 4. The zero-order valence-electron chi connectivity index (χ0n) is 16.2. The van der Waals surface area contributed by atoms with Crippen LogP contribution in [0.1, 0.15) is 29.2 Å². The molecule has 0 saturated heterocycles. The van der Waals surface area contributed by atoms with E-state index in [4.69, 9.17) is 22.1 Å². The summed E-state index contributed by atoms with van der Waals surface area (Å²) in [4.78, 5) is 16.2. The van der Waals surface area contributed by atoms with Crippen LogP contribution in [-0.4, -0.2) is 24.2 Å². The fourth-order valence-corrected chi connectivity index (χ4v) is 3.75. The molecular weight excluding hydrogens is 398 g/mol. The number of nitrogens with zero attached hydrogens (tertiary/aromatic N) is 1. The van der Waals surface area contributed by atoms with Gasteiger partial charge in [-0.1, -0.05) is 66.1 Å². The molecule has 150 valence electrons. The molecule has 0 spiro atoms. The van der Waals surface area contributed by atoms with Crippen LogP contribution in [0.5, 0.6) is 0 Å². The molecule has 1 heterocycles. The molecule has 1 amide bonds. The topological polar surface area (TPSA) is 77.2 Å². The average molecular weight is 418 g/mol. The third-order valence-corrected chi connectivity index (χ3v) is 5.16. The molecule has 1 aliphatic rings. The Kier molecular flexibility index (Phi) is 5.87. The molecule has 2 aromatic carbocycles. The third-order valence-electron chi connectivity index (χ3n) is 4.95. The van der Waals surface area contributed by atoms with Crippen LogP contribution in [0, 0.1) is 11.8 Å². The number of nitrogen functional groups attached to an aromatic ring is 1. The van der Waals surface area contributed by atoms with Gasteiger partial charge in [-0.3, -0.25) is 0 Å². The molecule has 1 aromatic heterocycles. The van der Waals surface area contributed by atoms with Crippen LogP contribution in [0.15, 0.2) is 60.8 Å². The Hall–Kier alpha value is -3.49. The van der Waals surface area contributed by atoms with E-state index in [9.17, 15) is 4.79 Å². The maximum atomic E-state index is 12.1. The summed E-state index contributed by atoms with van der Waals surface area (Å²) in [5.74, 6) is 5.85. The predicted octanol–water partition coefficient (Wildman–Crippen LogP) is 4.60. The summed E-state index contributed by atoms with van der Waals surface area (Å²) >= 11 is 5.82. The van der Waals surface area contributed by atoms with Gasteiger partial charge in [0.05, 0.1) is 10.7 Å². The first-order valence-corrected chi connectivity index (χ1v) is 10.00. The standard InChI is InChI=1S/C24H20ClN3O2/c25-16-13-22(26)23(28-14-16)11-5-6-12-27-24(29)30-15-21-19-9-3-1-7-17(19)18-8-2-4-10-20(18)21/h1-4,7-10,13-14,21H,6,12,15,26H2,(H,27,29). The van der Waals surface area contributed by atoms with Crippen molar-refractivity contribution >= 4 is 23.4 Å². The van der Waals surface area contributed by atoms with E-state index in [2.05, 4.69) is 46.4 Å². The quantitative estimate of drug-likeness (QED) is 0.480. The van der Waals surface area contributed by atoms with E-state index >= 15 is 0 Å². The van der Waals surface area contributed by atoms with Gasteiger partial charge in [0, 0.05) is 25.1 Å². The van der Waals surface area contributed by atoms with Crippen molar-refractivity contribution < 1.29 is 9.53 Å². The van der Waals surface area contributed by atoms with Gasteiger partial charge in [-0.15, -0.1) is 0 Å². The number of fused-ring (bicyclic) bond motifs is 3. The number of carbonyl (C=O) groups is 1. The highest BCUT2D eigenvalue weighted by Gasteiger charge is 2.28. The number of alkyl carbamates (subject to hydrolysis) is 1. The number of pyridine rings is 1. The van der Waals surface area contributed by atoms with E-state index < -0.39 is 6.09 Å². The minimum atomic E-state index is -0.456. The van der Waals surface area contributed by atoms with Crippen LogP contribution in [-0.2, 0) is 4.74 Å². The van der Waals surface area contributed by atoms with Crippen molar-refractivity contribution in [3.05, 3.63) is 82.6 Å². The molecule has 6 heteroatoms. The van der Waals surface area contributed by atoms with Crippen molar-refractivity contribution in [1.29, 1.82) is 0 Å². The second-order valence-electron chi connectivity index (χ2n) is 6.90. The Morgan fingerprint density at radius 2 is 1.80 bits per heavy atom. The number of carbonyl (C=O) groups excluding carboxylic acids is 1. The number of nitrogens with two attached hydrogens (primary N) is 1. The smallest absolute Gasteiger partial charge is 0.407 e. The summed E-state index contributed by atoms with van der Waals surface area (Å²) in [6, 6.07) is 18.1. The molecule has 0 aliphatic heterocycles. The minimum Gasteiger partial charge on any atom is -0.449 e. The molecule has 1 aliphatic carbocycles. The second kappa shape index (κ2) is 8.89. The molecule has 4 rings (SSSR count).